The Balaban J connectivity index is 2.10. The summed E-state index contributed by atoms with van der Waals surface area (Å²) in [4.78, 5) is 28.5. The molecule has 2 aliphatic heterocycles. The zero-order valence-corrected chi connectivity index (χ0v) is 13.6. The van der Waals surface area contributed by atoms with E-state index in [1.54, 1.807) is 9.80 Å². The van der Waals surface area contributed by atoms with Crippen LogP contribution in [0, 0.1) is 0 Å². The Morgan fingerprint density at radius 1 is 1.19 bits per heavy atom. The molecule has 7 heteroatoms. The van der Waals surface area contributed by atoms with Gasteiger partial charge < -0.3 is 9.80 Å². The standard InChI is InChI=1S/C14H24N2O4S/c1-3-11-13(17)16-8-5-4-7-12(16)14(18)15(11)9-6-10-21(2,19)20/h11-12H,3-10H2,1-2H3. The van der Waals surface area contributed by atoms with Gasteiger partial charge in [-0.3, -0.25) is 9.59 Å². The number of hydrogen-bond acceptors (Lipinski definition) is 4. The molecule has 2 unspecified atom stereocenters. The second kappa shape index (κ2) is 6.34. The number of sulfone groups is 1. The highest BCUT2D eigenvalue weighted by Crippen LogP contribution is 2.27. The predicted octanol–water partition coefficient (Wildman–Crippen LogP) is 0.423. The molecule has 0 aromatic carbocycles. The fraction of sp³-hybridized carbons (Fsp3) is 0.857. The van der Waals surface area contributed by atoms with Crippen LogP contribution in [0.2, 0.25) is 0 Å². The van der Waals surface area contributed by atoms with E-state index in [2.05, 4.69) is 0 Å². The lowest BCUT2D eigenvalue weighted by atomic mass is 9.94. The van der Waals surface area contributed by atoms with Gasteiger partial charge in [-0.1, -0.05) is 6.92 Å². The van der Waals surface area contributed by atoms with Crippen LogP contribution in [0.5, 0.6) is 0 Å². The summed E-state index contributed by atoms with van der Waals surface area (Å²) < 4.78 is 22.4. The molecule has 21 heavy (non-hydrogen) atoms. The van der Waals surface area contributed by atoms with Gasteiger partial charge in [0.1, 0.15) is 21.9 Å². The smallest absolute Gasteiger partial charge is 0.246 e. The van der Waals surface area contributed by atoms with E-state index in [4.69, 9.17) is 0 Å². The minimum absolute atomic E-state index is 0.00495. The molecule has 2 atom stereocenters. The minimum atomic E-state index is -3.04. The average Bonchev–Trinajstić information content (AvgIpc) is 2.43. The number of hydrogen-bond donors (Lipinski definition) is 0. The van der Waals surface area contributed by atoms with Crippen molar-refractivity contribution in [1.82, 2.24) is 9.80 Å². The molecule has 120 valence electrons. The summed E-state index contributed by atoms with van der Waals surface area (Å²) in [5, 5.41) is 0. The Morgan fingerprint density at radius 3 is 2.52 bits per heavy atom. The van der Waals surface area contributed by atoms with Crippen LogP contribution in [0.4, 0.5) is 0 Å². The van der Waals surface area contributed by atoms with Crippen molar-refractivity contribution in [3.05, 3.63) is 0 Å². The maximum absolute atomic E-state index is 12.6. The molecule has 0 aliphatic carbocycles. The summed E-state index contributed by atoms with van der Waals surface area (Å²) in [6.45, 7) is 2.91. The van der Waals surface area contributed by atoms with Gasteiger partial charge in [0.05, 0.1) is 5.75 Å². The maximum Gasteiger partial charge on any atom is 0.246 e. The molecule has 0 saturated carbocycles. The number of carbonyl (C=O) groups excluding carboxylic acids is 2. The highest BCUT2D eigenvalue weighted by atomic mass is 32.2. The summed E-state index contributed by atoms with van der Waals surface area (Å²) in [6.07, 6.45) is 4.81. The zero-order valence-electron chi connectivity index (χ0n) is 12.7. The first-order valence-electron chi connectivity index (χ1n) is 7.64. The molecule has 0 aromatic heterocycles. The topological polar surface area (TPSA) is 74.8 Å². The number of amides is 2. The molecule has 2 amide bonds. The Kier molecular flexibility index (Phi) is 4.91. The average molecular weight is 316 g/mol. The van der Waals surface area contributed by atoms with Gasteiger partial charge in [0.25, 0.3) is 0 Å². The van der Waals surface area contributed by atoms with Crippen LogP contribution in [-0.2, 0) is 19.4 Å². The highest BCUT2D eigenvalue weighted by molar-refractivity contribution is 7.90. The van der Waals surface area contributed by atoms with Gasteiger partial charge >= 0.3 is 0 Å². The summed E-state index contributed by atoms with van der Waals surface area (Å²) in [6, 6.07) is -0.751. The number of piperazine rings is 1. The number of nitrogens with zero attached hydrogens (tertiary/aromatic N) is 2. The van der Waals surface area contributed by atoms with Gasteiger partial charge in [-0.2, -0.15) is 0 Å². The van der Waals surface area contributed by atoms with E-state index in [-0.39, 0.29) is 23.6 Å². The maximum atomic E-state index is 12.6. The molecule has 6 nitrogen and oxygen atoms in total. The first-order chi connectivity index (χ1) is 9.85. The second-order valence-corrected chi connectivity index (χ2v) is 8.24. The van der Waals surface area contributed by atoms with Crippen LogP contribution in [-0.4, -0.2) is 67.2 Å². The van der Waals surface area contributed by atoms with Gasteiger partial charge in [-0.25, -0.2) is 8.42 Å². The van der Waals surface area contributed by atoms with Crippen LogP contribution in [0.25, 0.3) is 0 Å². The Morgan fingerprint density at radius 2 is 1.90 bits per heavy atom. The van der Waals surface area contributed by atoms with Crippen molar-refractivity contribution in [2.24, 2.45) is 0 Å². The summed E-state index contributed by atoms with van der Waals surface area (Å²) >= 11 is 0. The number of piperidine rings is 1. The fourth-order valence-corrected chi connectivity index (χ4v) is 3.93. The monoisotopic (exact) mass is 316 g/mol. The molecule has 0 spiro atoms. The van der Waals surface area contributed by atoms with Crippen LogP contribution in [0.3, 0.4) is 0 Å². The minimum Gasteiger partial charge on any atom is -0.329 e. The van der Waals surface area contributed by atoms with Crippen LogP contribution in [0.1, 0.15) is 39.0 Å². The van der Waals surface area contributed by atoms with Crippen LogP contribution < -0.4 is 0 Å². The summed E-state index contributed by atoms with van der Waals surface area (Å²) in [7, 11) is -3.04. The summed E-state index contributed by atoms with van der Waals surface area (Å²) in [5.74, 6) is 0.0753. The normalized spacial score (nSPS) is 27.0. The molecular weight excluding hydrogens is 292 g/mol. The SMILES string of the molecule is CCC1C(=O)N2CCCCC2C(=O)N1CCCS(C)(=O)=O. The van der Waals surface area contributed by atoms with Gasteiger partial charge in [-0.15, -0.1) is 0 Å². The van der Waals surface area contributed by atoms with Crippen molar-refractivity contribution < 1.29 is 18.0 Å². The van der Waals surface area contributed by atoms with E-state index in [0.717, 1.165) is 19.3 Å². The quantitative estimate of drug-likeness (QED) is 0.737. The molecule has 0 N–H and O–H groups in total. The predicted molar refractivity (Wildman–Crippen MR) is 79.5 cm³/mol. The largest absolute Gasteiger partial charge is 0.329 e. The third kappa shape index (κ3) is 3.56. The highest BCUT2D eigenvalue weighted by Gasteiger charge is 2.45. The van der Waals surface area contributed by atoms with E-state index in [1.807, 2.05) is 6.92 Å². The molecule has 2 fully saturated rings. The van der Waals surface area contributed by atoms with E-state index >= 15 is 0 Å². The van der Waals surface area contributed by atoms with Crippen molar-refractivity contribution in [3.8, 4) is 0 Å². The lowest BCUT2D eigenvalue weighted by Gasteiger charge is -2.46. The molecule has 0 aromatic rings. The molecule has 2 saturated heterocycles. The fourth-order valence-electron chi connectivity index (χ4n) is 3.28. The van der Waals surface area contributed by atoms with Crippen molar-refractivity contribution >= 4 is 21.7 Å². The second-order valence-electron chi connectivity index (χ2n) is 5.98. The van der Waals surface area contributed by atoms with Gasteiger partial charge in [0.2, 0.25) is 11.8 Å². The number of carbonyl (C=O) groups is 2. The van der Waals surface area contributed by atoms with E-state index in [0.29, 0.717) is 25.9 Å². The first-order valence-corrected chi connectivity index (χ1v) is 9.70. The lowest BCUT2D eigenvalue weighted by molar-refractivity contribution is -0.163. The molecule has 0 bridgehead atoms. The molecule has 2 heterocycles. The van der Waals surface area contributed by atoms with Gasteiger partial charge in [0.15, 0.2) is 0 Å². The molecule has 2 rings (SSSR count). The number of fused-ring (bicyclic) bond motifs is 1. The van der Waals surface area contributed by atoms with E-state index in [9.17, 15) is 18.0 Å². The third-order valence-electron chi connectivity index (χ3n) is 4.32. The van der Waals surface area contributed by atoms with E-state index < -0.39 is 15.9 Å². The van der Waals surface area contributed by atoms with Crippen molar-refractivity contribution in [2.75, 3.05) is 25.1 Å². The summed E-state index contributed by atoms with van der Waals surface area (Å²) in [5.41, 5.74) is 0. The van der Waals surface area contributed by atoms with Crippen molar-refractivity contribution in [2.45, 2.75) is 51.1 Å². The number of rotatable bonds is 5. The van der Waals surface area contributed by atoms with E-state index in [1.165, 1.54) is 6.26 Å². The zero-order chi connectivity index (χ0) is 15.6. The Hall–Kier alpha value is -1.11. The molecule has 2 aliphatic rings. The van der Waals surface area contributed by atoms with Gasteiger partial charge in [0, 0.05) is 19.3 Å². The molecular formula is C14H24N2O4S. The molecule has 0 radical (unpaired) electrons. The first kappa shape index (κ1) is 16.3. The van der Waals surface area contributed by atoms with Crippen molar-refractivity contribution in [3.63, 3.8) is 0 Å². The Labute approximate surface area is 126 Å². The Bertz CT molecular complexity index is 517. The third-order valence-corrected chi connectivity index (χ3v) is 5.35. The van der Waals surface area contributed by atoms with Crippen molar-refractivity contribution in [1.29, 1.82) is 0 Å². The lowest BCUT2D eigenvalue weighted by Crippen LogP contribution is -2.65. The van der Waals surface area contributed by atoms with Crippen LogP contribution >= 0.6 is 0 Å². The van der Waals surface area contributed by atoms with Gasteiger partial charge in [-0.05, 0) is 32.1 Å². The van der Waals surface area contributed by atoms with Crippen LogP contribution in [0.15, 0.2) is 0 Å².